The van der Waals surface area contributed by atoms with E-state index in [1.807, 2.05) is 0 Å². The summed E-state index contributed by atoms with van der Waals surface area (Å²) in [5, 5.41) is 66.0. The van der Waals surface area contributed by atoms with Gasteiger partial charge in [0, 0.05) is 5.41 Å². The van der Waals surface area contributed by atoms with Crippen LogP contribution in [0.2, 0.25) is 0 Å². The Bertz CT molecular complexity index is 8600. The molecular formula is C111H68. The van der Waals surface area contributed by atoms with Crippen LogP contribution >= 0.6 is 0 Å². The van der Waals surface area contributed by atoms with Crippen molar-refractivity contribution in [3.05, 3.63) is 255 Å². The summed E-state index contributed by atoms with van der Waals surface area (Å²) in [4.78, 5) is 0. The van der Waals surface area contributed by atoms with E-state index in [1.165, 1.54) is 114 Å². The molecule has 0 N–H and O–H groups in total. The quantitative estimate of drug-likeness (QED) is 0.0667. The normalized spacial score (nSPS) is 24.6. The molecule has 0 aliphatic heterocycles. The van der Waals surface area contributed by atoms with Crippen molar-refractivity contribution in [2.24, 2.45) is 5.41 Å². The highest BCUT2D eigenvalue weighted by atomic mass is 14.9. The molecule has 0 radical (unpaired) electrons. The van der Waals surface area contributed by atoms with Crippen molar-refractivity contribution < 1.29 is 0 Å². The molecule has 512 valence electrons. The molecule has 11 aliphatic rings. The molecule has 37 rings (SSSR count). The highest BCUT2D eigenvalue weighted by molar-refractivity contribution is 6.77. The van der Waals surface area contributed by atoms with Crippen LogP contribution in [0.5, 0.6) is 0 Å². The third-order valence-corrected chi connectivity index (χ3v) is 36.3. The van der Waals surface area contributed by atoms with Gasteiger partial charge in [-0.1, -0.05) is 195 Å². The lowest BCUT2D eigenvalue weighted by atomic mass is 9.34. The zero-order valence-corrected chi connectivity index (χ0v) is 63.2. The van der Waals surface area contributed by atoms with Gasteiger partial charge in [-0.15, -0.1) is 0 Å². The van der Waals surface area contributed by atoms with Crippen molar-refractivity contribution in [1.82, 2.24) is 0 Å². The van der Waals surface area contributed by atoms with Crippen LogP contribution in [0.3, 0.4) is 0 Å². The van der Waals surface area contributed by atoms with Crippen LogP contribution in [0.25, 0.3) is 215 Å². The van der Waals surface area contributed by atoms with E-state index in [4.69, 9.17) is 0 Å². The molecule has 0 amide bonds. The smallest absolute Gasteiger partial charge is 0.0654 e. The Morgan fingerprint density at radius 1 is 0.180 bits per heavy atom. The van der Waals surface area contributed by atoms with Gasteiger partial charge in [-0.25, -0.2) is 0 Å². The zero-order valence-electron chi connectivity index (χ0n) is 63.2. The molecule has 4 atom stereocenters. The van der Waals surface area contributed by atoms with Gasteiger partial charge in [0.05, 0.1) is 27.1 Å². The molecule has 0 nitrogen and oxygen atoms in total. The Morgan fingerprint density at radius 2 is 0.342 bits per heavy atom. The SMILES string of the molecule is CCCCc1ccc(C23C4=C5C6(c7ccc(CCCC)cc7)c7c2c2c8c3c3c9c%10c%11c%12c%13c%14c%15c%16c%17c%18c(c6c6c7c7c2c2c%19c8c9c8c9c%10c%13c%10c%13c%14c%17c%14c%17c%18c6c6c7c2c2c(c%198)c(c9%10)c(c%13%14)c2c6%17)C%16(c2ccc(CCCC)cc2)C5(C)C(=C4C3%11c2ccc(CCCC)cc2)C%12%15c2ccc(CCCC)cc2)cc1. The molecule has 26 aromatic rings. The van der Waals surface area contributed by atoms with Crippen molar-refractivity contribution in [3.8, 4) is 0 Å². The first-order valence-corrected chi connectivity index (χ1v) is 43.7. The fraction of sp³-hybridized carbons (Fsp3) is 0.243. The van der Waals surface area contributed by atoms with Crippen LogP contribution in [0.1, 0.15) is 217 Å². The van der Waals surface area contributed by atoms with Crippen molar-refractivity contribution in [2.75, 3.05) is 0 Å². The van der Waals surface area contributed by atoms with Crippen molar-refractivity contribution >= 4 is 215 Å². The second-order valence-electron chi connectivity index (χ2n) is 39.1. The maximum Gasteiger partial charge on any atom is 0.0724 e. The number of benzene rings is 20. The molecule has 4 unspecified atom stereocenters. The Labute approximate surface area is 636 Å². The molecule has 0 fully saturated rings. The van der Waals surface area contributed by atoms with Gasteiger partial charge in [0.1, 0.15) is 0 Å². The first kappa shape index (κ1) is 53.8. The maximum atomic E-state index is 3.09. The topological polar surface area (TPSA) is 0 Å². The summed E-state index contributed by atoms with van der Waals surface area (Å²) < 4.78 is 0. The lowest BCUT2D eigenvalue weighted by Gasteiger charge is -2.66. The predicted octanol–water partition coefficient (Wildman–Crippen LogP) is 28.3. The van der Waals surface area contributed by atoms with Gasteiger partial charge < -0.3 is 0 Å². The molecule has 0 bridgehead atoms. The second-order valence-corrected chi connectivity index (χ2v) is 39.1. The Balaban J connectivity index is 0.932. The first-order chi connectivity index (χ1) is 54.9. The molecule has 0 heterocycles. The molecule has 0 saturated carbocycles. The van der Waals surface area contributed by atoms with Gasteiger partial charge in [0.25, 0.3) is 0 Å². The molecular weight excluding hydrogens is 1330 g/mol. The van der Waals surface area contributed by atoms with E-state index >= 15 is 0 Å². The third-order valence-electron chi connectivity index (χ3n) is 36.3. The minimum atomic E-state index is -0.692. The number of hydrogen-bond acceptors (Lipinski definition) is 0. The number of hydrogen-bond donors (Lipinski definition) is 0. The summed E-state index contributed by atoms with van der Waals surface area (Å²) in [6.07, 6.45) is 17.5. The minimum absolute atomic E-state index is 0.668. The molecule has 111 heavy (non-hydrogen) atoms. The van der Waals surface area contributed by atoms with Gasteiger partial charge >= 0.3 is 0 Å². The molecule has 11 aliphatic carbocycles. The Morgan fingerprint density at radius 3 is 0.550 bits per heavy atom. The predicted molar refractivity (Wildman–Crippen MR) is 465 cm³/mol. The largest absolute Gasteiger partial charge is 0.0724 e. The van der Waals surface area contributed by atoms with Crippen LogP contribution in [0.15, 0.2) is 144 Å². The van der Waals surface area contributed by atoms with Crippen LogP contribution in [0.4, 0.5) is 0 Å². The number of allylic oxidation sites excluding steroid dienone is 4. The third kappa shape index (κ3) is 3.95. The van der Waals surface area contributed by atoms with E-state index in [-0.39, 0.29) is 0 Å². The van der Waals surface area contributed by atoms with Crippen LogP contribution in [0, 0.1) is 5.41 Å². The second kappa shape index (κ2) is 15.0. The standard InChI is InChI=1S/C111H68/c1-7-12-17-42-22-32-47(33-23-42)107-92-82-72-62-57-52-53-55-56-54(52)59-65-63(57)73(72)83-85-75(65)77-67(59)69-61(56)71-70-60(55)68-66-58(53)64(62)74-76(66)86-88-78(68)80(70)90-91-81(71)79(69)89-87(77)97-95(85)108(93(83)92,48-34-24-43(25-35-48)18-13-8-2)103-102(107)104-106(6)105(103)110(97,50-38-28-45(29-39-50)20-15-10-4)99(89)101(91)111(106,51-40-30-46(31-41-51)21-16-11-5)100(90)98(88)109(104,96(86)94(107)84(74)82)49-36-26-44(27-37-49)19-14-9-3/h22-41H,7-21H2,1-6H3. The van der Waals surface area contributed by atoms with Gasteiger partial charge in [-0.05, 0) is 413 Å². The molecule has 0 aromatic heterocycles. The van der Waals surface area contributed by atoms with Crippen LogP contribution in [-0.4, -0.2) is 0 Å². The fourth-order valence-electron chi connectivity index (χ4n) is 34.1. The minimum Gasteiger partial charge on any atom is -0.0654 e. The zero-order chi connectivity index (χ0) is 70.7. The summed E-state index contributed by atoms with van der Waals surface area (Å²) >= 11 is 0. The average Bonchev–Trinajstić information content (AvgIpc) is 1.37. The molecule has 0 saturated heterocycles. The highest BCUT2D eigenvalue weighted by Crippen LogP contribution is 2.95. The van der Waals surface area contributed by atoms with Gasteiger partial charge in [-0.2, -0.15) is 0 Å². The van der Waals surface area contributed by atoms with E-state index in [9.17, 15) is 0 Å². The number of rotatable bonds is 20. The lowest BCUT2D eigenvalue weighted by Crippen LogP contribution is -2.62. The highest BCUT2D eigenvalue weighted by Gasteiger charge is 2.86. The Kier molecular flexibility index (Phi) is 7.28. The van der Waals surface area contributed by atoms with Crippen molar-refractivity contribution in [3.63, 3.8) is 0 Å². The monoisotopic (exact) mass is 1400 g/mol. The van der Waals surface area contributed by atoms with Crippen molar-refractivity contribution in [2.45, 2.75) is 165 Å². The summed E-state index contributed by atoms with van der Waals surface area (Å²) in [6, 6.07) is 55.0. The Hall–Kier alpha value is -10.9. The maximum absolute atomic E-state index is 3.09. The van der Waals surface area contributed by atoms with Gasteiger partial charge in [-0.3, -0.25) is 0 Å². The molecule has 0 spiro atoms. The number of unbranched alkanes of at least 4 members (excludes halogenated alkanes) is 5. The van der Waals surface area contributed by atoms with E-state index in [1.54, 1.807) is 299 Å². The summed E-state index contributed by atoms with van der Waals surface area (Å²) in [5.74, 6) is 0. The molecule has 0 heteroatoms. The summed E-state index contributed by atoms with van der Waals surface area (Å²) in [6.45, 7) is 15.1. The molecule has 26 aromatic carbocycles. The van der Waals surface area contributed by atoms with Crippen molar-refractivity contribution in [1.29, 1.82) is 0 Å². The van der Waals surface area contributed by atoms with E-state index in [0.717, 1.165) is 32.1 Å². The van der Waals surface area contributed by atoms with E-state index in [2.05, 4.69) is 163 Å². The van der Waals surface area contributed by atoms with Gasteiger partial charge in [0.15, 0.2) is 0 Å². The number of aryl methyl sites for hydroxylation is 5. The fourth-order valence-corrected chi connectivity index (χ4v) is 34.1. The lowest BCUT2D eigenvalue weighted by molar-refractivity contribution is 0.246. The average molecular weight is 1400 g/mol. The first-order valence-electron chi connectivity index (χ1n) is 43.7. The van der Waals surface area contributed by atoms with Crippen LogP contribution < -0.4 is 0 Å². The van der Waals surface area contributed by atoms with Gasteiger partial charge in [0.2, 0.25) is 0 Å². The van der Waals surface area contributed by atoms with Crippen LogP contribution in [-0.2, 0) is 59.2 Å². The summed E-state index contributed by atoms with van der Waals surface area (Å²) in [7, 11) is 0. The summed E-state index contributed by atoms with van der Waals surface area (Å²) in [5.41, 5.74) is 35.1. The van der Waals surface area contributed by atoms with E-state index < -0.39 is 32.5 Å². The van der Waals surface area contributed by atoms with E-state index in [0.29, 0.717) is 0 Å².